The highest BCUT2D eigenvalue weighted by Gasteiger charge is 2.20. The summed E-state index contributed by atoms with van der Waals surface area (Å²) >= 11 is 12.5. The Labute approximate surface area is 198 Å². The molecule has 2 heterocycles. The van der Waals surface area contributed by atoms with Gasteiger partial charge in [-0.1, -0.05) is 35.3 Å². The van der Waals surface area contributed by atoms with Crippen LogP contribution in [0.4, 0.5) is 17.3 Å². The van der Waals surface area contributed by atoms with Crippen LogP contribution in [-0.2, 0) is 10.0 Å². The lowest BCUT2D eigenvalue weighted by molar-refractivity contribution is 0.0692. The Hall–Kier alpha value is -3.47. The largest absolute Gasteiger partial charge is 0.476 e. The molecule has 3 N–H and O–H groups in total. The van der Waals surface area contributed by atoms with Crippen LogP contribution in [0.15, 0.2) is 54.7 Å². The molecule has 0 saturated heterocycles. The number of carboxylic acids is 1. The van der Waals surface area contributed by atoms with Crippen LogP contribution in [0.3, 0.4) is 0 Å². The summed E-state index contributed by atoms with van der Waals surface area (Å²) < 4.78 is 25.3. The summed E-state index contributed by atoms with van der Waals surface area (Å²) in [5.41, 5.74) is 1.35. The van der Waals surface area contributed by atoms with Crippen LogP contribution in [0, 0.1) is 0 Å². The van der Waals surface area contributed by atoms with Crippen molar-refractivity contribution in [3.05, 3.63) is 70.5 Å². The fraction of sp³-hybridized carbons (Fsp3) is 0.0476. The zero-order valence-corrected chi connectivity index (χ0v) is 19.2. The SMILES string of the molecule is CS(=O)(=O)Nc1cccc(Nc2ncc3cc(-c4c(Cl)cccc4Cl)c(C(=O)O)nc3n2)c1. The van der Waals surface area contributed by atoms with Gasteiger partial charge in [-0.2, -0.15) is 4.98 Å². The molecule has 4 aromatic rings. The first-order valence-corrected chi connectivity index (χ1v) is 12.0. The molecule has 0 aliphatic heterocycles. The van der Waals surface area contributed by atoms with Crippen molar-refractivity contribution in [1.29, 1.82) is 0 Å². The topological polar surface area (TPSA) is 134 Å². The first-order valence-electron chi connectivity index (χ1n) is 9.31. The van der Waals surface area contributed by atoms with E-state index in [0.29, 0.717) is 22.3 Å². The second kappa shape index (κ2) is 8.81. The molecule has 0 amide bonds. The number of carbonyl (C=O) groups is 1. The second-order valence-electron chi connectivity index (χ2n) is 6.97. The lowest BCUT2D eigenvalue weighted by atomic mass is 10.0. The number of halogens is 2. The van der Waals surface area contributed by atoms with E-state index in [1.165, 1.54) is 6.20 Å². The Bertz CT molecular complexity index is 1490. The molecule has 4 rings (SSSR count). The maximum absolute atomic E-state index is 11.9. The zero-order chi connectivity index (χ0) is 23.8. The number of carboxylic acid groups (broad SMARTS) is 1. The maximum Gasteiger partial charge on any atom is 0.355 e. The van der Waals surface area contributed by atoms with Crippen LogP contribution in [0.25, 0.3) is 22.2 Å². The van der Waals surface area contributed by atoms with Gasteiger partial charge in [0.25, 0.3) is 0 Å². The number of aromatic nitrogens is 3. The Morgan fingerprint density at radius 1 is 1.00 bits per heavy atom. The van der Waals surface area contributed by atoms with Gasteiger partial charge >= 0.3 is 5.97 Å². The quantitative estimate of drug-likeness (QED) is 0.341. The van der Waals surface area contributed by atoms with Gasteiger partial charge in [0.1, 0.15) is 0 Å². The molecule has 0 aliphatic carbocycles. The summed E-state index contributed by atoms with van der Waals surface area (Å²) in [6.45, 7) is 0. The van der Waals surface area contributed by atoms with Crippen molar-refractivity contribution in [3.8, 4) is 11.1 Å². The Kier molecular flexibility index (Phi) is 6.07. The average molecular weight is 504 g/mol. The van der Waals surface area contributed by atoms with E-state index < -0.39 is 16.0 Å². The van der Waals surface area contributed by atoms with Crippen molar-refractivity contribution in [2.45, 2.75) is 0 Å². The van der Waals surface area contributed by atoms with Crippen molar-refractivity contribution in [2.24, 2.45) is 0 Å². The normalized spacial score (nSPS) is 11.4. The predicted octanol–water partition coefficient (Wildman–Crippen LogP) is 4.81. The molecule has 0 unspecified atom stereocenters. The molecule has 2 aromatic carbocycles. The van der Waals surface area contributed by atoms with Crippen LogP contribution in [0.1, 0.15) is 10.5 Å². The molecular weight excluding hydrogens is 489 g/mol. The minimum atomic E-state index is -3.44. The lowest BCUT2D eigenvalue weighted by Crippen LogP contribution is -2.09. The van der Waals surface area contributed by atoms with Crippen LogP contribution < -0.4 is 10.0 Å². The fourth-order valence-electron chi connectivity index (χ4n) is 3.14. The molecular formula is C21H15Cl2N5O4S. The molecule has 0 saturated carbocycles. The number of nitrogens with zero attached hydrogens (tertiary/aromatic N) is 3. The molecule has 168 valence electrons. The average Bonchev–Trinajstić information content (AvgIpc) is 2.72. The number of fused-ring (bicyclic) bond motifs is 1. The summed E-state index contributed by atoms with van der Waals surface area (Å²) in [7, 11) is -3.44. The van der Waals surface area contributed by atoms with Crippen molar-refractivity contribution >= 4 is 67.6 Å². The van der Waals surface area contributed by atoms with E-state index in [4.69, 9.17) is 23.2 Å². The lowest BCUT2D eigenvalue weighted by Gasteiger charge is -2.12. The highest BCUT2D eigenvalue weighted by molar-refractivity contribution is 7.92. The van der Waals surface area contributed by atoms with Crippen LogP contribution in [0.5, 0.6) is 0 Å². The highest BCUT2D eigenvalue weighted by Crippen LogP contribution is 2.37. The molecule has 2 aromatic heterocycles. The molecule has 9 nitrogen and oxygen atoms in total. The summed E-state index contributed by atoms with van der Waals surface area (Å²) in [6, 6.07) is 12.9. The summed E-state index contributed by atoms with van der Waals surface area (Å²) in [6.07, 6.45) is 2.53. The van der Waals surface area contributed by atoms with Crippen molar-refractivity contribution in [1.82, 2.24) is 15.0 Å². The van der Waals surface area contributed by atoms with Gasteiger partial charge in [0, 0.05) is 38.4 Å². The third-order valence-electron chi connectivity index (χ3n) is 4.43. The van der Waals surface area contributed by atoms with Gasteiger partial charge in [-0.25, -0.2) is 23.2 Å². The van der Waals surface area contributed by atoms with Gasteiger partial charge in [-0.05, 0) is 36.4 Å². The Morgan fingerprint density at radius 2 is 1.67 bits per heavy atom. The van der Waals surface area contributed by atoms with E-state index in [0.717, 1.165) is 6.26 Å². The first-order chi connectivity index (χ1) is 15.6. The predicted molar refractivity (Wildman–Crippen MR) is 128 cm³/mol. The van der Waals surface area contributed by atoms with Gasteiger partial charge in [-0.3, -0.25) is 4.72 Å². The molecule has 0 atom stereocenters. The zero-order valence-electron chi connectivity index (χ0n) is 16.9. The van der Waals surface area contributed by atoms with E-state index in [2.05, 4.69) is 25.0 Å². The van der Waals surface area contributed by atoms with Crippen LogP contribution >= 0.6 is 23.2 Å². The van der Waals surface area contributed by atoms with Gasteiger partial charge in [0.05, 0.1) is 11.9 Å². The van der Waals surface area contributed by atoms with Gasteiger partial charge in [0.15, 0.2) is 11.3 Å². The number of aromatic carboxylic acids is 1. The molecule has 33 heavy (non-hydrogen) atoms. The summed E-state index contributed by atoms with van der Waals surface area (Å²) in [4.78, 5) is 24.7. The van der Waals surface area contributed by atoms with Crippen molar-refractivity contribution in [2.75, 3.05) is 16.3 Å². The Morgan fingerprint density at radius 3 is 2.33 bits per heavy atom. The third-order valence-corrected chi connectivity index (χ3v) is 5.66. The van der Waals surface area contributed by atoms with Crippen molar-refractivity contribution < 1.29 is 18.3 Å². The van der Waals surface area contributed by atoms with Gasteiger partial charge < -0.3 is 10.4 Å². The highest BCUT2D eigenvalue weighted by atomic mass is 35.5. The second-order valence-corrected chi connectivity index (χ2v) is 9.54. The number of nitrogens with one attached hydrogen (secondary N) is 2. The molecule has 0 bridgehead atoms. The molecule has 12 heteroatoms. The number of sulfonamides is 1. The molecule has 0 radical (unpaired) electrons. The minimum Gasteiger partial charge on any atom is -0.476 e. The third kappa shape index (κ3) is 5.14. The van der Waals surface area contributed by atoms with E-state index in [9.17, 15) is 18.3 Å². The van der Waals surface area contributed by atoms with Crippen molar-refractivity contribution in [3.63, 3.8) is 0 Å². The minimum absolute atomic E-state index is 0.141. The van der Waals surface area contributed by atoms with Gasteiger partial charge in [0.2, 0.25) is 16.0 Å². The number of anilines is 3. The maximum atomic E-state index is 11.9. The number of hydrogen-bond donors (Lipinski definition) is 3. The monoisotopic (exact) mass is 503 g/mol. The number of hydrogen-bond acceptors (Lipinski definition) is 7. The molecule has 0 fully saturated rings. The Balaban J connectivity index is 1.75. The summed E-state index contributed by atoms with van der Waals surface area (Å²) in [5, 5.41) is 13.7. The van der Waals surface area contributed by atoms with E-state index in [1.54, 1.807) is 48.5 Å². The standard InChI is InChI=1S/C21H15Cl2N5O4S/c1-33(31,32)28-13-5-2-4-12(9-13)25-21-24-10-11-8-14(17-15(22)6-3-7-16(17)23)18(20(29)30)26-19(11)27-21/h2-10,28H,1H3,(H,29,30)(H,24,25,26,27). The smallest absolute Gasteiger partial charge is 0.355 e. The fourth-order valence-corrected chi connectivity index (χ4v) is 4.29. The van der Waals surface area contributed by atoms with E-state index >= 15 is 0 Å². The summed E-state index contributed by atoms with van der Waals surface area (Å²) in [5.74, 6) is -1.12. The number of pyridine rings is 1. The van der Waals surface area contributed by atoms with Gasteiger partial charge in [-0.15, -0.1) is 0 Å². The van der Waals surface area contributed by atoms with Crippen LogP contribution in [-0.4, -0.2) is 40.7 Å². The number of benzene rings is 2. The van der Waals surface area contributed by atoms with E-state index in [-0.39, 0.29) is 32.9 Å². The molecule has 0 aliphatic rings. The van der Waals surface area contributed by atoms with E-state index in [1.807, 2.05) is 0 Å². The first kappa shape index (κ1) is 22.7. The molecule has 0 spiro atoms. The number of rotatable bonds is 6. The van der Waals surface area contributed by atoms with Crippen LogP contribution in [0.2, 0.25) is 10.0 Å².